The summed E-state index contributed by atoms with van der Waals surface area (Å²) < 4.78 is 5.83. The highest BCUT2D eigenvalue weighted by molar-refractivity contribution is 5.99. The molecule has 2 unspecified atom stereocenters. The quantitative estimate of drug-likeness (QED) is 0.536. The van der Waals surface area contributed by atoms with Gasteiger partial charge in [0.15, 0.2) is 5.78 Å². The van der Waals surface area contributed by atoms with Gasteiger partial charge in [0.2, 0.25) is 5.91 Å². The maximum Gasteiger partial charge on any atom is 0.227 e. The highest BCUT2D eigenvalue weighted by atomic mass is 16.5. The van der Waals surface area contributed by atoms with E-state index in [0.29, 0.717) is 6.61 Å². The van der Waals surface area contributed by atoms with Gasteiger partial charge in [-0.15, -0.1) is 0 Å². The van der Waals surface area contributed by atoms with Crippen molar-refractivity contribution in [1.29, 1.82) is 0 Å². The van der Waals surface area contributed by atoms with E-state index >= 15 is 0 Å². The predicted octanol–water partition coefficient (Wildman–Crippen LogP) is 2.32. The molecule has 0 radical (unpaired) electrons. The Labute approximate surface area is 173 Å². The summed E-state index contributed by atoms with van der Waals surface area (Å²) in [5.41, 5.74) is 6.89. The summed E-state index contributed by atoms with van der Waals surface area (Å²) in [4.78, 5) is 29.1. The SMILES string of the molecule is NC1CCCC1C(=O)N1CCN(CCCOc2ccc(C(=O)C3CC3)cc2)CC1. The monoisotopic (exact) mass is 399 g/mol. The number of rotatable bonds is 8. The minimum absolute atomic E-state index is 0.0425. The summed E-state index contributed by atoms with van der Waals surface area (Å²) in [5, 5.41) is 0. The van der Waals surface area contributed by atoms with Crippen LogP contribution in [0.1, 0.15) is 48.9 Å². The van der Waals surface area contributed by atoms with Gasteiger partial charge in [0, 0.05) is 50.2 Å². The number of amides is 1. The van der Waals surface area contributed by atoms with Gasteiger partial charge in [0.05, 0.1) is 12.5 Å². The summed E-state index contributed by atoms with van der Waals surface area (Å²) in [6, 6.07) is 7.60. The molecular weight excluding hydrogens is 366 g/mol. The number of ketones is 1. The molecule has 0 bridgehead atoms. The molecule has 1 saturated heterocycles. The molecule has 0 aromatic heterocycles. The van der Waals surface area contributed by atoms with Crippen molar-refractivity contribution in [3.05, 3.63) is 29.8 Å². The Morgan fingerprint density at radius 2 is 1.72 bits per heavy atom. The lowest BCUT2D eigenvalue weighted by Gasteiger charge is -2.36. The molecule has 2 atom stereocenters. The van der Waals surface area contributed by atoms with Gasteiger partial charge in [-0.25, -0.2) is 0 Å². The number of benzene rings is 1. The number of carbonyl (C=O) groups excluding carboxylic acids is 2. The normalized spacial score (nSPS) is 25.2. The first-order chi connectivity index (χ1) is 14.1. The second-order valence-corrected chi connectivity index (χ2v) is 8.73. The summed E-state index contributed by atoms with van der Waals surface area (Å²) >= 11 is 0. The molecule has 1 aliphatic heterocycles. The van der Waals surface area contributed by atoms with E-state index in [4.69, 9.17) is 10.5 Å². The molecule has 4 rings (SSSR count). The van der Waals surface area contributed by atoms with Crippen LogP contribution in [0, 0.1) is 11.8 Å². The van der Waals surface area contributed by atoms with Gasteiger partial charge >= 0.3 is 0 Å². The first-order valence-corrected chi connectivity index (χ1v) is 11.2. The molecule has 29 heavy (non-hydrogen) atoms. The van der Waals surface area contributed by atoms with E-state index in [0.717, 1.165) is 82.6 Å². The molecule has 0 spiro atoms. The Kier molecular flexibility index (Phi) is 6.50. The summed E-state index contributed by atoms with van der Waals surface area (Å²) in [5.74, 6) is 1.65. The van der Waals surface area contributed by atoms with Gasteiger partial charge in [-0.3, -0.25) is 14.5 Å². The van der Waals surface area contributed by atoms with Gasteiger partial charge in [0.1, 0.15) is 5.75 Å². The zero-order chi connectivity index (χ0) is 20.2. The summed E-state index contributed by atoms with van der Waals surface area (Å²) in [7, 11) is 0. The van der Waals surface area contributed by atoms with Crippen molar-refractivity contribution in [1.82, 2.24) is 9.80 Å². The third kappa shape index (κ3) is 5.17. The fourth-order valence-corrected chi connectivity index (χ4v) is 4.50. The van der Waals surface area contributed by atoms with Crippen LogP contribution in [0.3, 0.4) is 0 Å². The van der Waals surface area contributed by atoms with Gasteiger partial charge < -0.3 is 15.4 Å². The van der Waals surface area contributed by atoms with Crippen molar-refractivity contribution < 1.29 is 14.3 Å². The summed E-state index contributed by atoms with van der Waals surface area (Å²) in [6.07, 6.45) is 6.03. The van der Waals surface area contributed by atoms with Crippen molar-refractivity contribution >= 4 is 11.7 Å². The smallest absolute Gasteiger partial charge is 0.227 e. The largest absolute Gasteiger partial charge is 0.494 e. The van der Waals surface area contributed by atoms with Crippen molar-refractivity contribution in [2.45, 2.75) is 44.6 Å². The van der Waals surface area contributed by atoms with E-state index in [9.17, 15) is 9.59 Å². The number of nitrogens with two attached hydrogens (primary N) is 1. The van der Waals surface area contributed by atoms with E-state index in [2.05, 4.69) is 4.90 Å². The molecular formula is C23H33N3O3. The number of hydrogen-bond acceptors (Lipinski definition) is 5. The second-order valence-electron chi connectivity index (χ2n) is 8.73. The standard InChI is InChI=1S/C23H33N3O3/c24-21-4-1-3-20(21)23(28)26-14-12-25(13-15-26)11-2-16-29-19-9-7-18(8-10-19)22(27)17-5-6-17/h7-10,17,20-21H,1-6,11-16,24H2. The number of piperazine rings is 1. The molecule has 1 amide bonds. The van der Waals surface area contributed by atoms with Crippen LogP contribution in [0.4, 0.5) is 0 Å². The lowest BCUT2D eigenvalue weighted by molar-refractivity contribution is -0.137. The number of ether oxygens (including phenoxy) is 1. The van der Waals surface area contributed by atoms with E-state index in [1.807, 2.05) is 29.2 Å². The van der Waals surface area contributed by atoms with Gasteiger partial charge in [-0.1, -0.05) is 6.42 Å². The topological polar surface area (TPSA) is 75.9 Å². The maximum atomic E-state index is 12.6. The Balaban J connectivity index is 1.12. The molecule has 2 saturated carbocycles. The third-order valence-corrected chi connectivity index (χ3v) is 6.54. The van der Waals surface area contributed by atoms with Crippen molar-refractivity contribution in [2.75, 3.05) is 39.3 Å². The fraction of sp³-hybridized carbons (Fsp3) is 0.652. The van der Waals surface area contributed by atoms with Crippen LogP contribution in [-0.2, 0) is 4.79 Å². The van der Waals surface area contributed by atoms with E-state index < -0.39 is 0 Å². The highest BCUT2D eigenvalue weighted by Crippen LogP contribution is 2.33. The molecule has 1 heterocycles. The first kappa shape index (κ1) is 20.4. The van der Waals surface area contributed by atoms with Crippen LogP contribution < -0.4 is 10.5 Å². The van der Waals surface area contributed by atoms with Gasteiger partial charge in [0.25, 0.3) is 0 Å². The fourth-order valence-electron chi connectivity index (χ4n) is 4.50. The number of carbonyl (C=O) groups is 2. The van der Waals surface area contributed by atoms with Crippen LogP contribution >= 0.6 is 0 Å². The molecule has 6 nitrogen and oxygen atoms in total. The Bertz CT molecular complexity index is 709. The average molecular weight is 400 g/mol. The molecule has 6 heteroatoms. The zero-order valence-electron chi connectivity index (χ0n) is 17.2. The molecule has 1 aromatic carbocycles. The molecule has 3 aliphatic rings. The van der Waals surface area contributed by atoms with Crippen LogP contribution in [0.25, 0.3) is 0 Å². The molecule has 158 valence electrons. The van der Waals surface area contributed by atoms with Crippen LogP contribution in [-0.4, -0.2) is 66.9 Å². The van der Waals surface area contributed by atoms with Gasteiger partial charge in [-0.05, 0) is 56.4 Å². The van der Waals surface area contributed by atoms with E-state index in [1.54, 1.807) is 0 Å². The van der Waals surface area contributed by atoms with Crippen molar-refractivity contribution in [3.63, 3.8) is 0 Å². The van der Waals surface area contributed by atoms with Crippen LogP contribution in [0.5, 0.6) is 5.75 Å². The summed E-state index contributed by atoms with van der Waals surface area (Å²) in [6.45, 7) is 5.09. The third-order valence-electron chi connectivity index (χ3n) is 6.54. The molecule has 2 aliphatic carbocycles. The van der Waals surface area contributed by atoms with Gasteiger partial charge in [-0.2, -0.15) is 0 Å². The second kappa shape index (κ2) is 9.26. The molecule has 2 N–H and O–H groups in total. The van der Waals surface area contributed by atoms with Crippen LogP contribution in [0.15, 0.2) is 24.3 Å². The minimum atomic E-state index is 0.0425. The average Bonchev–Trinajstić information content (AvgIpc) is 3.52. The maximum absolute atomic E-state index is 12.6. The number of Topliss-reactive ketones (excluding diaryl/α,β-unsaturated/α-hetero) is 1. The highest BCUT2D eigenvalue weighted by Gasteiger charge is 2.34. The lowest BCUT2D eigenvalue weighted by Crippen LogP contribution is -2.52. The lowest BCUT2D eigenvalue weighted by atomic mass is 10.0. The predicted molar refractivity (Wildman–Crippen MR) is 112 cm³/mol. The Morgan fingerprint density at radius 1 is 1.00 bits per heavy atom. The van der Waals surface area contributed by atoms with E-state index in [1.165, 1.54) is 0 Å². The van der Waals surface area contributed by atoms with Crippen LogP contribution in [0.2, 0.25) is 0 Å². The zero-order valence-corrected chi connectivity index (χ0v) is 17.2. The number of nitrogens with zero attached hydrogens (tertiary/aromatic N) is 2. The molecule has 3 fully saturated rings. The Morgan fingerprint density at radius 3 is 2.34 bits per heavy atom. The van der Waals surface area contributed by atoms with E-state index in [-0.39, 0.29) is 29.6 Å². The number of hydrogen-bond donors (Lipinski definition) is 1. The van der Waals surface area contributed by atoms with Crippen molar-refractivity contribution in [2.24, 2.45) is 17.6 Å². The molecule has 1 aromatic rings. The minimum Gasteiger partial charge on any atom is -0.494 e. The Hall–Kier alpha value is -1.92. The first-order valence-electron chi connectivity index (χ1n) is 11.2. The van der Waals surface area contributed by atoms with Crippen molar-refractivity contribution in [3.8, 4) is 5.75 Å².